The normalized spacial score (nSPS) is 25.1. The van der Waals surface area contributed by atoms with E-state index in [0.29, 0.717) is 12.1 Å². The van der Waals surface area contributed by atoms with Gasteiger partial charge in [0.1, 0.15) is 5.82 Å². The Balaban J connectivity index is 1.86. The maximum absolute atomic E-state index is 5.52. The van der Waals surface area contributed by atoms with Gasteiger partial charge in [-0.25, -0.2) is 4.98 Å². The summed E-state index contributed by atoms with van der Waals surface area (Å²) in [5.74, 6) is 1.13. The Morgan fingerprint density at radius 1 is 1.62 bits per heavy atom. The van der Waals surface area contributed by atoms with Crippen LogP contribution in [0.2, 0.25) is 0 Å². The average molecular weight is 223 g/mol. The number of nitrogens with one attached hydrogen (secondary N) is 1. The highest BCUT2D eigenvalue weighted by molar-refractivity contribution is 4.93. The highest BCUT2D eigenvalue weighted by Gasteiger charge is 2.23. The summed E-state index contributed by atoms with van der Waals surface area (Å²) in [6.07, 6.45) is 6.51. The van der Waals surface area contributed by atoms with E-state index in [1.54, 1.807) is 0 Å². The van der Waals surface area contributed by atoms with Gasteiger partial charge in [0.05, 0.1) is 12.6 Å². The fourth-order valence-corrected chi connectivity index (χ4v) is 2.17. The van der Waals surface area contributed by atoms with Crippen molar-refractivity contribution < 1.29 is 4.74 Å². The standard InChI is InChI=1S/C12H21N3O/c1-3-6-15-7-5-13-12(15)9-14-11-4-8-16-10(11)2/h5,7,10-11,14H,3-4,6,8-9H2,1-2H3. The summed E-state index contributed by atoms with van der Waals surface area (Å²) in [7, 11) is 0. The molecule has 4 nitrogen and oxygen atoms in total. The SMILES string of the molecule is CCCn1ccnc1CNC1CCOC1C. The number of nitrogens with zero attached hydrogens (tertiary/aromatic N) is 2. The van der Waals surface area contributed by atoms with Gasteiger partial charge in [-0.3, -0.25) is 0 Å². The monoisotopic (exact) mass is 223 g/mol. The van der Waals surface area contributed by atoms with E-state index >= 15 is 0 Å². The summed E-state index contributed by atoms with van der Waals surface area (Å²) in [6, 6.07) is 0.478. The van der Waals surface area contributed by atoms with Gasteiger partial charge in [0.25, 0.3) is 0 Å². The second kappa shape index (κ2) is 5.46. The van der Waals surface area contributed by atoms with Gasteiger partial charge in [0.2, 0.25) is 0 Å². The lowest BCUT2D eigenvalue weighted by Crippen LogP contribution is -2.34. The van der Waals surface area contributed by atoms with Gasteiger partial charge in [-0.15, -0.1) is 0 Å². The van der Waals surface area contributed by atoms with Gasteiger partial charge >= 0.3 is 0 Å². The maximum atomic E-state index is 5.52. The molecule has 0 bridgehead atoms. The molecule has 1 aliphatic heterocycles. The third-order valence-corrected chi connectivity index (χ3v) is 3.16. The summed E-state index contributed by atoms with van der Waals surface area (Å²) >= 11 is 0. The molecule has 1 aromatic rings. The van der Waals surface area contributed by atoms with E-state index < -0.39 is 0 Å². The predicted molar refractivity (Wildman–Crippen MR) is 63.2 cm³/mol. The lowest BCUT2D eigenvalue weighted by atomic mass is 10.1. The first kappa shape index (κ1) is 11.6. The molecule has 2 rings (SSSR count). The molecule has 1 saturated heterocycles. The predicted octanol–water partition coefficient (Wildman–Crippen LogP) is 1.56. The summed E-state index contributed by atoms with van der Waals surface area (Å²) in [5.41, 5.74) is 0. The van der Waals surface area contributed by atoms with Crippen molar-refractivity contribution in [3.63, 3.8) is 0 Å². The van der Waals surface area contributed by atoms with E-state index in [1.807, 2.05) is 6.20 Å². The van der Waals surface area contributed by atoms with Crippen molar-refractivity contribution in [2.75, 3.05) is 6.61 Å². The summed E-state index contributed by atoms with van der Waals surface area (Å²) < 4.78 is 7.74. The first-order chi connectivity index (χ1) is 7.81. The van der Waals surface area contributed by atoms with Gasteiger partial charge in [-0.2, -0.15) is 0 Å². The molecule has 0 radical (unpaired) electrons. The van der Waals surface area contributed by atoms with Crippen molar-refractivity contribution in [1.82, 2.24) is 14.9 Å². The highest BCUT2D eigenvalue weighted by Crippen LogP contribution is 2.13. The minimum atomic E-state index is 0.328. The third kappa shape index (κ3) is 2.62. The van der Waals surface area contributed by atoms with E-state index in [1.165, 1.54) is 0 Å². The van der Waals surface area contributed by atoms with Crippen LogP contribution in [0, 0.1) is 0 Å². The minimum absolute atomic E-state index is 0.328. The first-order valence-corrected chi connectivity index (χ1v) is 6.16. The molecule has 1 aromatic heterocycles. The molecule has 0 aliphatic carbocycles. The van der Waals surface area contributed by atoms with Crippen molar-refractivity contribution in [2.45, 2.75) is 51.9 Å². The number of hydrogen-bond donors (Lipinski definition) is 1. The Labute approximate surface area is 97.0 Å². The van der Waals surface area contributed by atoms with E-state index in [-0.39, 0.29) is 0 Å². The van der Waals surface area contributed by atoms with Crippen LogP contribution in [0.5, 0.6) is 0 Å². The molecule has 0 spiro atoms. The second-order valence-electron chi connectivity index (χ2n) is 4.39. The molecule has 4 heteroatoms. The van der Waals surface area contributed by atoms with Crippen LogP contribution in [0.3, 0.4) is 0 Å². The molecule has 2 heterocycles. The van der Waals surface area contributed by atoms with Crippen molar-refractivity contribution in [1.29, 1.82) is 0 Å². The van der Waals surface area contributed by atoms with Crippen LogP contribution in [0.4, 0.5) is 0 Å². The van der Waals surface area contributed by atoms with Gasteiger partial charge < -0.3 is 14.6 Å². The third-order valence-electron chi connectivity index (χ3n) is 3.16. The number of hydrogen-bond acceptors (Lipinski definition) is 3. The number of rotatable bonds is 5. The molecule has 1 fully saturated rings. The summed E-state index contributed by atoms with van der Waals surface area (Å²) in [5, 5.41) is 3.52. The molecule has 0 saturated carbocycles. The lowest BCUT2D eigenvalue weighted by Gasteiger charge is -2.16. The molecule has 0 aromatic carbocycles. The van der Waals surface area contributed by atoms with Crippen LogP contribution >= 0.6 is 0 Å². The molecule has 0 amide bonds. The Morgan fingerprint density at radius 3 is 3.19 bits per heavy atom. The Kier molecular flexibility index (Phi) is 3.96. The first-order valence-electron chi connectivity index (χ1n) is 6.16. The van der Waals surface area contributed by atoms with Crippen LogP contribution in [0.25, 0.3) is 0 Å². The Bertz CT molecular complexity index is 324. The van der Waals surface area contributed by atoms with Crippen LogP contribution in [-0.2, 0) is 17.8 Å². The summed E-state index contributed by atoms with van der Waals surface area (Å²) in [6.45, 7) is 7.08. The second-order valence-corrected chi connectivity index (χ2v) is 4.39. The zero-order valence-corrected chi connectivity index (χ0v) is 10.1. The van der Waals surface area contributed by atoms with Crippen LogP contribution < -0.4 is 5.32 Å². The smallest absolute Gasteiger partial charge is 0.122 e. The van der Waals surface area contributed by atoms with Crippen molar-refractivity contribution in [3.05, 3.63) is 18.2 Å². The lowest BCUT2D eigenvalue weighted by molar-refractivity contribution is 0.113. The molecule has 90 valence electrons. The summed E-state index contributed by atoms with van der Waals surface area (Å²) in [4.78, 5) is 4.38. The van der Waals surface area contributed by atoms with E-state index in [2.05, 4.69) is 34.9 Å². The minimum Gasteiger partial charge on any atom is -0.377 e. The van der Waals surface area contributed by atoms with Crippen molar-refractivity contribution >= 4 is 0 Å². The molecule has 1 N–H and O–H groups in total. The zero-order chi connectivity index (χ0) is 11.4. The van der Waals surface area contributed by atoms with Gasteiger partial charge in [-0.05, 0) is 19.8 Å². The Morgan fingerprint density at radius 2 is 2.50 bits per heavy atom. The number of aromatic nitrogens is 2. The molecular formula is C12H21N3O. The number of imidazole rings is 1. The molecule has 2 atom stereocenters. The number of ether oxygens (including phenoxy) is 1. The quantitative estimate of drug-likeness (QED) is 0.823. The fraction of sp³-hybridized carbons (Fsp3) is 0.750. The van der Waals surface area contributed by atoms with E-state index in [0.717, 1.165) is 38.4 Å². The van der Waals surface area contributed by atoms with Gasteiger partial charge in [0, 0.05) is 31.6 Å². The van der Waals surface area contributed by atoms with Gasteiger partial charge in [0.15, 0.2) is 0 Å². The molecule has 2 unspecified atom stereocenters. The highest BCUT2D eigenvalue weighted by atomic mass is 16.5. The van der Waals surface area contributed by atoms with E-state index in [9.17, 15) is 0 Å². The van der Waals surface area contributed by atoms with Crippen molar-refractivity contribution in [2.24, 2.45) is 0 Å². The van der Waals surface area contributed by atoms with Crippen LogP contribution in [0.15, 0.2) is 12.4 Å². The topological polar surface area (TPSA) is 39.1 Å². The van der Waals surface area contributed by atoms with Crippen LogP contribution in [-0.4, -0.2) is 28.3 Å². The van der Waals surface area contributed by atoms with Crippen molar-refractivity contribution in [3.8, 4) is 0 Å². The molecule has 1 aliphatic rings. The fourth-order valence-electron chi connectivity index (χ4n) is 2.17. The molecular weight excluding hydrogens is 202 g/mol. The van der Waals surface area contributed by atoms with Crippen LogP contribution in [0.1, 0.15) is 32.5 Å². The Hall–Kier alpha value is -0.870. The number of aryl methyl sites for hydroxylation is 1. The average Bonchev–Trinajstić information content (AvgIpc) is 2.86. The maximum Gasteiger partial charge on any atom is 0.122 e. The molecule has 16 heavy (non-hydrogen) atoms. The van der Waals surface area contributed by atoms with Gasteiger partial charge in [-0.1, -0.05) is 6.92 Å². The van der Waals surface area contributed by atoms with E-state index in [4.69, 9.17) is 4.74 Å². The zero-order valence-electron chi connectivity index (χ0n) is 10.1. The largest absolute Gasteiger partial charge is 0.377 e.